The van der Waals surface area contributed by atoms with E-state index in [0.717, 1.165) is 6.92 Å². The number of nitro benzene ring substituents is 1. The van der Waals surface area contributed by atoms with Crippen LogP contribution in [0, 0.1) is 17.0 Å². The van der Waals surface area contributed by atoms with Crippen molar-refractivity contribution in [2.75, 3.05) is 5.32 Å². The molecule has 0 bridgehead atoms. The van der Waals surface area contributed by atoms with Gasteiger partial charge in [0.25, 0.3) is 5.69 Å². The van der Waals surface area contributed by atoms with Crippen LogP contribution in [0.1, 0.15) is 20.7 Å². The second kappa shape index (κ2) is 3.87. The monoisotopic (exact) mass is 200 g/mol. The molecule has 0 radical (unpaired) electrons. The smallest absolute Gasteiger partial charge is 0.293 e. The molecule has 0 saturated carbocycles. The summed E-state index contributed by atoms with van der Waals surface area (Å²) in [6.45, 7) is -1.91. The van der Waals surface area contributed by atoms with Gasteiger partial charge in [-0.3, -0.25) is 14.9 Å². The summed E-state index contributed by atoms with van der Waals surface area (Å²) in [6, 6.07) is -2.65. The first-order valence-electron chi connectivity index (χ1n) is 6.54. The third-order valence-corrected chi connectivity index (χ3v) is 1.28. The van der Waals surface area contributed by atoms with Crippen LogP contribution in [0.15, 0.2) is 18.1 Å². The van der Waals surface area contributed by atoms with Gasteiger partial charge in [0, 0.05) is 17.1 Å². The summed E-state index contributed by atoms with van der Waals surface area (Å²) >= 11 is 0. The number of benzene rings is 1. The predicted molar refractivity (Wildman–Crippen MR) is 52.1 cm³/mol. The lowest BCUT2D eigenvalue weighted by atomic mass is 10.2. The van der Waals surface area contributed by atoms with Gasteiger partial charge in [0.15, 0.2) is 0 Å². The molecular formula is C9H10N2O3. The summed E-state index contributed by atoms with van der Waals surface area (Å²) in [5, 5.41) is 13.0. The molecule has 0 aromatic heterocycles. The number of rotatable bonds is 2. The van der Waals surface area contributed by atoms with Gasteiger partial charge in [-0.25, -0.2) is 0 Å². The van der Waals surface area contributed by atoms with Crippen LogP contribution in [0.5, 0.6) is 0 Å². The summed E-state index contributed by atoms with van der Waals surface area (Å²) in [7, 11) is 0. The lowest BCUT2D eigenvalue weighted by molar-refractivity contribution is -0.384. The number of nitro groups is 1. The second-order valence-electron chi connectivity index (χ2n) is 2.41. The number of nitrogens with one attached hydrogen (secondary N) is 1. The largest absolute Gasteiger partial charge is 0.321 e. The first-order chi connectivity index (χ1) is 8.98. The van der Waals surface area contributed by atoms with Gasteiger partial charge in [0.05, 0.1) is 9.04 Å². The molecule has 5 heteroatoms. The predicted octanol–water partition coefficient (Wildman–Crippen LogP) is 1.86. The molecular weight excluding hydrogens is 184 g/mol. The fourth-order valence-electron chi connectivity index (χ4n) is 0.800. The van der Waals surface area contributed by atoms with E-state index >= 15 is 0 Å². The molecule has 1 rings (SSSR count). The topological polar surface area (TPSA) is 72.2 Å². The lowest BCUT2D eigenvalue weighted by Crippen LogP contribution is -2.07. The van der Waals surface area contributed by atoms with E-state index in [4.69, 9.17) is 8.22 Å². The first-order valence-corrected chi connectivity index (χ1v) is 3.54. The Labute approximate surface area is 89.3 Å². The molecule has 0 aliphatic heterocycles. The van der Waals surface area contributed by atoms with E-state index in [1.165, 1.54) is 0 Å². The van der Waals surface area contributed by atoms with Crippen LogP contribution in [-0.4, -0.2) is 10.8 Å². The zero-order valence-corrected chi connectivity index (χ0v) is 7.17. The van der Waals surface area contributed by atoms with Gasteiger partial charge in [-0.15, -0.1) is 0 Å². The van der Waals surface area contributed by atoms with Crippen LogP contribution in [0.2, 0.25) is 0 Å². The summed E-state index contributed by atoms with van der Waals surface area (Å²) in [4.78, 5) is 20.9. The minimum atomic E-state index is -2.94. The average molecular weight is 200 g/mol. The first kappa shape index (κ1) is 4.54. The Morgan fingerprint density at radius 2 is 2.43 bits per heavy atom. The van der Waals surface area contributed by atoms with Gasteiger partial charge in [-0.1, -0.05) is 6.04 Å². The number of anilines is 1. The van der Waals surface area contributed by atoms with Gasteiger partial charge >= 0.3 is 0 Å². The fourth-order valence-corrected chi connectivity index (χ4v) is 0.800. The fraction of sp³-hybridized carbons (Fsp3) is 0.222. The van der Waals surface area contributed by atoms with E-state index in [1.54, 1.807) is 0 Å². The third kappa shape index (κ3) is 2.29. The maximum Gasteiger partial charge on any atom is 0.293 e. The highest BCUT2D eigenvalue weighted by molar-refractivity contribution is 5.91. The quantitative estimate of drug-likeness (QED) is 0.585. The SMILES string of the molecule is [2H]c1c([2H])c(C([2H])([2H])[2H])c([2H])c([N+](=O)[O-])c1NC(C)=O. The summed E-state index contributed by atoms with van der Waals surface area (Å²) in [5.74, 6) is -0.734. The molecule has 0 unspecified atom stereocenters. The molecule has 0 saturated heterocycles. The molecule has 74 valence electrons. The second-order valence-corrected chi connectivity index (χ2v) is 2.41. The van der Waals surface area contributed by atoms with Gasteiger partial charge in [0.2, 0.25) is 5.91 Å². The molecule has 0 atom stereocenters. The van der Waals surface area contributed by atoms with Crippen molar-refractivity contribution in [3.8, 4) is 0 Å². The molecule has 0 aliphatic rings. The standard InChI is InChI=1S/C9H10N2O3/c1-6-3-4-8(10-7(2)12)9(5-6)11(13)14/h3-5H,1-2H3,(H,10,12)/i1D3,3D,4D,5D. The highest BCUT2D eigenvalue weighted by Crippen LogP contribution is 2.24. The number of hydrogen-bond acceptors (Lipinski definition) is 3. The molecule has 1 amide bonds. The Kier molecular flexibility index (Phi) is 1.25. The summed E-state index contributed by atoms with van der Waals surface area (Å²) in [6.07, 6.45) is 0. The average Bonchev–Trinajstić information content (AvgIpc) is 2.22. The van der Waals surface area contributed by atoms with Crippen molar-refractivity contribution in [1.82, 2.24) is 0 Å². The maximum atomic E-state index is 11.0. The minimum absolute atomic E-state index is 0.648. The van der Waals surface area contributed by atoms with Crippen LogP contribution in [0.3, 0.4) is 0 Å². The highest BCUT2D eigenvalue weighted by Gasteiger charge is 2.13. The molecule has 1 aromatic carbocycles. The van der Waals surface area contributed by atoms with Gasteiger partial charge in [-0.05, 0) is 18.5 Å². The summed E-state index contributed by atoms with van der Waals surface area (Å²) < 4.78 is 44.4. The summed E-state index contributed by atoms with van der Waals surface area (Å²) in [5.41, 5.74) is -2.54. The van der Waals surface area contributed by atoms with Crippen LogP contribution < -0.4 is 5.32 Å². The van der Waals surface area contributed by atoms with E-state index in [9.17, 15) is 14.9 Å². The van der Waals surface area contributed by atoms with E-state index in [0.29, 0.717) is 0 Å². The Morgan fingerprint density at radius 1 is 1.71 bits per heavy atom. The number of nitrogens with zero attached hydrogens (tertiary/aromatic N) is 1. The van der Waals surface area contributed by atoms with E-state index in [1.807, 2.05) is 5.32 Å². The van der Waals surface area contributed by atoms with E-state index in [-0.39, 0.29) is 0 Å². The maximum absolute atomic E-state index is 11.0. The molecule has 1 N–H and O–H groups in total. The van der Waals surface area contributed by atoms with Gasteiger partial charge < -0.3 is 5.32 Å². The van der Waals surface area contributed by atoms with Crippen LogP contribution in [0.25, 0.3) is 0 Å². The molecule has 0 aliphatic carbocycles. The van der Waals surface area contributed by atoms with Gasteiger partial charge in [-0.2, -0.15) is 0 Å². The molecule has 1 aromatic rings. The van der Waals surface area contributed by atoms with E-state index in [2.05, 4.69) is 0 Å². The Morgan fingerprint density at radius 3 is 2.93 bits per heavy atom. The molecule has 0 spiro atoms. The van der Waals surface area contributed by atoms with Crippen molar-refractivity contribution >= 4 is 17.3 Å². The third-order valence-electron chi connectivity index (χ3n) is 1.28. The van der Waals surface area contributed by atoms with Crippen LogP contribution >= 0.6 is 0 Å². The zero-order chi connectivity index (χ0) is 15.8. The van der Waals surface area contributed by atoms with Crippen molar-refractivity contribution in [2.45, 2.75) is 13.8 Å². The Balaban J connectivity index is 3.82. The van der Waals surface area contributed by atoms with Crippen molar-refractivity contribution in [3.05, 3.63) is 33.8 Å². The normalized spacial score (nSPS) is 16.6. The Bertz CT molecular complexity index is 599. The highest BCUT2D eigenvalue weighted by atomic mass is 16.6. The molecule has 14 heavy (non-hydrogen) atoms. The molecule has 0 fully saturated rings. The number of amides is 1. The van der Waals surface area contributed by atoms with E-state index < -0.39 is 52.7 Å². The van der Waals surface area contributed by atoms with Crippen LogP contribution in [0.4, 0.5) is 11.4 Å². The minimum Gasteiger partial charge on any atom is -0.321 e. The van der Waals surface area contributed by atoms with Crippen molar-refractivity contribution in [3.63, 3.8) is 0 Å². The number of carbonyl (C=O) groups excluding carboxylic acids is 1. The van der Waals surface area contributed by atoms with Crippen molar-refractivity contribution in [1.29, 1.82) is 0 Å². The van der Waals surface area contributed by atoms with Crippen LogP contribution in [-0.2, 0) is 4.79 Å². The zero-order valence-electron chi connectivity index (χ0n) is 13.2. The molecule has 5 nitrogen and oxygen atoms in total. The number of hydrogen-bond donors (Lipinski definition) is 1. The number of carbonyl (C=O) groups is 1. The van der Waals surface area contributed by atoms with Gasteiger partial charge in [0.1, 0.15) is 5.69 Å². The van der Waals surface area contributed by atoms with Crippen molar-refractivity contribution < 1.29 is 17.9 Å². The lowest BCUT2D eigenvalue weighted by Gasteiger charge is -2.03. The Hall–Kier alpha value is -1.91. The van der Waals surface area contributed by atoms with Crippen molar-refractivity contribution in [2.24, 2.45) is 0 Å². The molecule has 0 heterocycles.